The zero-order valence-electron chi connectivity index (χ0n) is 11.1. The van der Waals surface area contributed by atoms with Gasteiger partial charge in [0.2, 0.25) is 0 Å². The van der Waals surface area contributed by atoms with Crippen LogP contribution in [0.3, 0.4) is 0 Å². The zero-order valence-corrected chi connectivity index (χ0v) is 12.7. The van der Waals surface area contributed by atoms with Crippen molar-refractivity contribution in [3.8, 4) is 0 Å². The Morgan fingerprint density at radius 1 is 1.10 bits per heavy atom. The van der Waals surface area contributed by atoms with Gasteiger partial charge in [-0.25, -0.2) is 12.8 Å². The summed E-state index contributed by atoms with van der Waals surface area (Å²) in [6, 6.07) is 10.1. The van der Waals surface area contributed by atoms with Gasteiger partial charge in [-0.15, -0.1) is 0 Å². The van der Waals surface area contributed by atoms with Gasteiger partial charge in [-0.1, -0.05) is 11.6 Å². The molecule has 0 saturated heterocycles. The van der Waals surface area contributed by atoms with Gasteiger partial charge in [0.25, 0.3) is 10.0 Å². The molecule has 0 amide bonds. The van der Waals surface area contributed by atoms with E-state index < -0.39 is 15.8 Å². The molecule has 0 aromatic heterocycles. The topological polar surface area (TPSA) is 37.4 Å². The summed E-state index contributed by atoms with van der Waals surface area (Å²) in [5, 5.41) is 0.592. The minimum atomic E-state index is -3.68. The van der Waals surface area contributed by atoms with Gasteiger partial charge < -0.3 is 0 Å². The fourth-order valence-corrected chi connectivity index (χ4v) is 4.25. The summed E-state index contributed by atoms with van der Waals surface area (Å²) in [6.45, 7) is 0.411. The van der Waals surface area contributed by atoms with Crippen molar-refractivity contribution >= 4 is 27.3 Å². The molecule has 0 spiro atoms. The molecular formula is C15H13ClFNO2S. The Bertz CT molecular complexity index is 775. The molecule has 1 aliphatic rings. The first-order valence-electron chi connectivity index (χ1n) is 6.55. The van der Waals surface area contributed by atoms with E-state index in [1.807, 2.05) is 0 Å². The van der Waals surface area contributed by atoms with Crippen molar-refractivity contribution in [3.63, 3.8) is 0 Å². The first-order valence-corrected chi connectivity index (χ1v) is 8.37. The van der Waals surface area contributed by atoms with E-state index in [1.54, 1.807) is 18.2 Å². The molecule has 0 aliphatic carbocycles. The fraction of sp³-hybridized carbons (Fsp3) is 0.200. The minimum Gasteiger partial charge on any atom is -0.266 e. The van der Waals surface area contributed by atoms with E-state index in [2.05, 4.69) is 0 Å². The summed E-state index contributed by atoms with van der Waals surface area (Å²) in [6.07, 6.45) is 1.53. The van der Waals surface area contributed by atoms with Crippen LogP contribution in [0.4, 0.5) is 10.1 Å². The molecule has 1 aliphatic heterocycles. The van der Waals surface area contributed by atoms with Crippen molar-refractivity contribution in [1.29, 1.82) is 0 Å². The van der Waals surface area contributed by atoms with Gasteiger partial charge in [0, 0.05) is 11.6 Å². The van der Waals surface area contributed by atoms with Crippen LogP contribution in [0, 0.1) is 5.82 Å². The second-order valence-electron chi connectivity index (χ2n) is 4.91. The van der Waals surface area contributed by atoms with Crippen LogP contribution in [-0.4, -0.2) is 15.0 Å². The standard InChI is InChI=1S/C15H13ClFNO2S/c16-12-3-8-15-11(10-12)2-1-9-18(15)21(19,20)14-6-4-13(17)5-7-14/h3-8,10H,1-2,9H2. The van der Waals surface area contributed by atoms with Crippen LogP contribution in [0.1, 0.15) is 12.0 Å². The highest BCUT2D eigenvalue weighted by Crippen LogP contribution is 2.33. The summed E-state index contributed by atoms with van der Waals surface area (Å²) in [5.74, 6) is -0.459. The lowest BCUT2D eigenvalue weighted by Gasteiger charge is -2.30. The van der Waals surface area contributed by atoms with E-state index in [0.717, 1.165) is 30.5 Å². The lowest BCUT2D eigenvalue weighted by Crippen LogP contribution is -2.35. The molecular weight excluding hydrogens is 313 g/mol. The number of hydrogen-bond donors (Lipinski definition) is 0. The summed E-state index contributed by atoms with van der Waals surface area (Å²) in [4.78, 5) is 0.0895. The SMILES string of the molecule is O=S(=O)(c1ccc(F)cc1)N1CCCc2cc(Cl)ccc21. The first-order chi connectivity index (χ1) is 9.98. The molecule has 2 aromatic carbocycles. The Labute approximate surface area is 128 Å². The number of sulfonamides is 1. The predicted molar refractivity (Wildman–Crippen MR) is 80.7 cm³/mol. The molecule has 0 fully saturated rings. The number of rotatable bonds is 2. The largest absolute Gasteiger partial charge is 0.266 e. The summed E-state index contributed by atoms with van der Waals surface area (Å²) >= 11 is 5.96. The third kappa shape index (κ3) is 2.63. The van der Waals surface area contributed by atoms with Crippen LogP contribution < -0.4 is 4.31 Å². The van der Waals surface area contributed by atoms with Crippen LogP contribution in [-0.2, 0) is 16.4 Å². The van der Waals surface area contributed by atoms with Gasteiger partial charge >= 0.3 is 0 Å². The molecule has 0 saturated carbocycles. The van der Waals surface area contributed by atoms with Crippen molar-refractivity contribution < 1.29 is 12.8 Å². The first kappa shape index (κ1) is 14.4. The Morgan fingerprint density at radius 2 is 1.81 bits per heavy atom. The maximum absolute atomic E-state index is 13.0. The molecule has 3 nitrogen and oxygen atoms in total. The maximum Gasteiger partial charge on any atom is 0.264 e. The van der Waals surface area contributed by atoms with Gasteiger partial charge in [0.05, 0.1) is 10.6 Å². The van der Waals surface area contributed by atoms with E-state index in [9.17, 15) is 12.8 Å². The van der Waals surface area contributed by atoms with Crippen LogP contribution in [0.15, 0.2) is 47.4 Å². The normalized spacial score (nSPS) is 14.9. The number of hydrogen-bond acceptors (Lipinski definition) is 2. The van der Waals surface area contributed by atoms with Crippen molar-refractivity contribution in [3.05, 3.63) is 58.9 Å². The van der Waals surface area contributed by atoms with E-state index in [0.29, 0.717) is 17.3 Å². The Kier molecular flexibility index (Phi) is 3.63. The minimum absolute atomic E-state index is 0.0895. The zero-order chi connectivity index (χ0) is 15.0. The molecule has 6 heteroatoms. The van der Waals surface area contributed by atoms with Gasteiger partial charge in [-0.05, 0) is 60.9 Å². The molecule has 0 bridgehead atoms. The number of halogens is 2. The smallest absolute Gasteiger partial charge is 0.264 e. The molecule has 3 rings (SSSR count). The average Bonchev–Trinajstić information content (AvgIpc) is 2.46. The van der Waals surface area contributed by atoms with E-state index in [1.165, 1.54) is 16.4 Å². The lowest BCUT2D eigenvalue weighted by molar-refractivity contribution is 0.585. The van der Waals surface area contributed by atoms with Crippen molar-refractivity contribution in [2.45, 2.75) is 17.7 Å². The average molecular weight is 326 g/mol. The van der Waals surface area contributed by atoms with E-state index in [4.69, 9.17) is 11.6 Å². The second-order valence-corrected chi connectivity index (χ2v) is 7.21. The third-order valence-corrected chi connectivity index (χ3v) is 5.58. The van der Waals surface area contributed by atoms with Crippen LogP contribution >= 0.6 is 11.6 Å². The Morgan fingerprint density at radius 3 is 2.52 bits per heavy atom. The Hall–Kier alpha value is -1.59. The van der Waals surface area contributed by atoms with Crippen molar-refractivity contribution in [2.24, 2.45) is 0 Å². The molecule has 1 heterocycles. The number of fused-ring (bicyclic) bond motifs is 1. The molecule has 110 valence electrons. The molecule has 0 radical (unpaired) electrons. The molecule has 2 aromatic rings. The molecule has 0 unspecified atom stereocenters. The highest BCUT2D eigenvalue weighted by atomic mass is 35.5. The molecule has 21 heavy (non-hydrogen) atoms. The number of aryl methyl sites for hydroxylation is 1. The van der Waals surface area contributed by atoms with Crippen LogP contribution in [0.2, 0.25) is 5.02 Å². The van der Waals surface area contributed by atoms with Gasteiger partial charge in [0.15, 0.2) is 0 Å². The fourth-order valence-electron chi connectivity index (χ4n) is 2.51. The third-order valence-electron chi connectivity index (χ3n) is 3.52. The van der Waals surface area contributed by atoms with Crippen LogP contribution in [0.5, 0.6) is 0 Å². The van der Waals surface area contributed by atoms with Gasteiger partial charge in [0.1, 0.15) is 5.82 Å². The molecule has 0 N–H and O–H groups in total. The van der Waals surface area contributed by atoms with E-state index in [-0.39, 0.29) is 4.90 Å². The summed E-state index contributed by atoms with van der Waals surface area (Å²) < 4.78 is 39.8. The summed E-state index contributed by atoms with van der Waals surface area (Å²) in [7, 11) is -3.68. The van der Waals surface area contributed by atoms with Crippen molar-refractivity contribution in [1.82, 2.24) is 0 Å². The Balaban J connectivity index is 2.07. The van der Waals surface area contributed by atoms with Crippen molar-refractivity contribution in [2.75, 3.05) is 10.8 Å². The van der Waals surface area contributed by atoms with Gasteiger partial charge in [-0.3, -0.25) is 4.31 Å². The highest BCUT2D eigenvalue weighted by Gasteiger charge is 2.29. The second kappa shape index (κ2) is 5.31. The maximum atomic E-state index is 13.0. The quantitative estimate of drug-likeness (QED) is 0.845. The van der Waals surface area contributed by atoms with Gasteiger partial charge in [-0.2, -0.15) is 0 Å². The number of anilines is 1. The highest BCUT2D eigenvalue weighted by molar-refractivity contribution is 7.92. The number of benzene rings is 2. The van der Waals surface area contributed by atoms with Crippen LogP contribution in [0.25, 0.3) is 0 Å². The van der Waals surface area contributed by atoms with E-state index >= 15 is 0 Å². The monoisotopic (exact) mass is 325 g/mol. The molecule has 0 atom stereocenters. The number of nitrogens with zero attached hydrogens (tertiary/aromatic N) is 1. The lowest BCUT2D eigenvalue weighted by atomic mass is 10.0. The predicted octanol–water partition coefficient (Wildman–Crippen LogP) is 3.62. The summed E-state index contributed by atoms with van der Waals surface area (Å²) in [5.41, 5.74) is 1.56.